The van der Waals surface area contributed by atoms with Crippen LogP contribution in [0.1, 0.15) is 31.1 Å². The molecular formula is C19H12ClN3O3. The van der Waals surface area contributed by atoms with Gasteiger partial charge in [0, 0.05) is 24.2 Å². The summed E-state index contributed by atoms with van der Waals surface area (Å²) in [5.74, 6) is -1.18. The second kappa shape index (κ2) is 5.93. The van der Waals surface area contributed by atoms with Crippen molar-refractivity contribution in [3.63, 3.8) is 0 Å². The summed E-state index contributed by atoms with van der Waals surface area (Å²) < 4.78 is 0. The van der Waals surface area contributed by atoms with Gasteiger partial charge in [0.15, 0.2) is 0 Å². The molecule has 26 heavy (non-hydrogen) atoms. The summed E-state index contributed by atoms with van der Waals surface area (Å²) in [5.41, 5.74) is 1.96. The first kappa shape index (κ1) is 16.2. The van der Waals surface area contributed by atoms with Crippen LogP contribution in [0.3, 0.4) is 0 Å². The molecule has 3 amide bonds. The number of benzene rings is 2. The lowest BCUT2D eigenvalue weighted by molar-refractivity contribution is 0.0693. The predicted octanol–water partition coefficient (Wildman–Crippen LogP) is 3.37. The largest absolute Gasteiger partial charge is 0.321 e. The SMILES string of the molecule is CN1C(=O)c2ccc(C(=O)Nc3ccc(Cl)c4ncccc34)cc2C1=O. The van der Waals surface area contributed by atoms with Gasteiger partial charge in [-0.15, -0.1) is 0 Å². The molecule has 4 rings (SSSR count). The number of nitrogens with zero attached hydrogens (tertiary/aromatic N) is 2. The summed E-state index contributed by atoms with van der Waals surface area (Å²) in [4.78, 5) is 41.9. The lowest BCUT2D eigenvalue weighted by Crippen LogP contribution is -2.24. The van der Waals surface area contributed by atoms with Gasteiger partial charge in [0.05, 0.1) is 27.4 Å². The molecular weight excluding hydrogens is 354 g/mol. The molecule has 128 valence electrons. The van der Waals surface area contributed by atoms with E-state index in [-0.39, 0.29) is 17.0 Å². The van der Waals surface area contributed by atoms with Crippen LogP contribution in [0.5, 0.6) is 0 Å². The number of halogens is 1. The number of carbonyl (C=O) groups excluding carboxylic acids is 3. The van der Waals surface area contributed by atoms with Crippen LogP contribution >= 0.6 is 11.6 Å². The molecule has 1 N–H and O–H groups in total. The van der Waals surface area contributed by atoms with E-state index in [1.165, 1.54) is 25.2 Å². The van der Waals surface area contributed by atoms with Gasteiger partial charge in [-0.2, -0.15) is 0 Å². The Balaban J connectivity index is 1.70. The fraction of sp³-hybridized carbons (Fsp3) is 0.0526. The first-order valence-electron chi connectivity index (χ1n) is 7.78. The lowest BCUT2D eigenvalue weighted by atomic mass is 10.0. The van der Waals surface area contributed by atoms with Crippen LogP contribution in [0.25, 0.3) is 10.9 Å². The number of carbonyl (C=O) groups is 3. The zero-order chi connectivity index (χ0) is 18.4. The van der Waals surface area contributed by atoms with E-state index in [1.54, 1.807) is 24.4 Å². The topological polar surface area (TPSA) is 79.4 Å². The Labute approximate surface area is 153 Å². The highest BCUT2D eigenvalue weighted by atomic mass is 35.5. The van der Waals surface area contributed by atoms with Gasteiger partial charge in [0.25, 0.3) is 17.7 Å². The minimum atomic E-state index is -0.416. The van der Waals surface area contributed by atoms with E-state index >= 15 is 0 Å². The second-order valence-corrected chi connectivity index (χ2v) is 6.29. The Morgan fingerprint density at radius 3 is 2.65 bits per heavy atom. The molecule has 2 heterocycles. The summed E-state index contributed by atoms with van der Waals surface area (Å²) >= 11 is 6.14. The molecule has 0 atom stereocenters. The molecule has 2 aromatic carbocycles. The van der Waals surface area contributed by atoms with E-state index < -0.39 is 11.8 Å². The van der Waals surface area contributed by atoms with Crippen LogP contribution < -0.4 is 5.32 Å². The van der Waals surface area contributed by atoms with Gasteiger partial charge in [-0.1, -0.05) is 11.6 Å². The number of fused-ring (bicyclic) bond motifs is 2. The zero-order valence-electron chi connectivity index (χ0n) is 13.6. The monoisotopic (exact) mass is 365 g/mol. The molecule has 6 nitrogen and oxygen atoms in total. The van der Waals surface area contributed by atoms with E-state index in [1.807, 2.05) is 6.07 Å². The summed E-state index contributed by atoms with van der Waals surface area (Å²) in [6.45, 7) is 0. The van der Waals surface area contributed by atoms with Gasteiger partial charge < -0.3 is 5.32 Å². The minimum absolute atomic E-state index is 0.229. The van der Waals surface area contributed by atoms with Gasteiger partial charge >= 0.3 is 0 Å². The highest BCUT2D eigenvalue weighted by Crippen LogP contribution is 2.29. The first-order chi connectivity index (χ1) is 12.5. The quantitative estimate of drug-likeness (QED) is 0.706. The van der Waals surface area contributed by atoms with E-state index in [4.69, 9.17) is 11.6 Å². The lowest BCUT2D eigenvalue weighted by Gasteiger charge is -2.10. The number of hydrogen-bond donors (Lipinski definition) is 1. The van der Waals surface area contributed by atoms with Gasteiger partial charge in [-0.05, 0) is 42.5 Å². The average Bonchev–Trinajstić information content (AvgIpc) is 2.88. The number of nitrogens with one attached hydrogen (secondary N) is 1. The number of pyridine rings is 1. The Kier molecular flexibility index (Phi) is 3.70. The van der Waals surface area contributed by atoms with Crippen LogP contribution in [0.2, 0.25) is 5.02 Å². The number of aromatic nitrogens is 1. The highest BCUT2D eigenvalue weighted by molar-refractivity contribution is 6.35. The van der Waals surface area contributed by atoms with Crippen molar-refractivity contribution in [1.29, 1.82) is 0 Å². The third-order valence-electron chi connectivity index (χ3n) is 4.32. The molecule has 7 heteroatoms. The van der Waals surface area contributed by atoms with Crippen LogP contribution in [-0.2, 0) is 0 Å². The number of rotatable bonds is 2. The predicted molar refractivity (Wildman–Crippen MR) is 97.6 cm³/mol. The maximum atomic E-state index is 12.6. The van der Waals surface area contributed by atoms with Crippen LogP contribution in [0, 0.1) is 0 Å². The maximum absolute atomic E-state index is 12.6. The van der Waals surface area contributed by atoms with Gasteiger partial charge in [0.2, 0.25) is 0 Å². The molecule has 0 aliphatic carbocycles. The molecule has 0 saturated heterocycles. The summed E-state index contributed by atoms with van der Waals surface area (Å²) in [7, 11) is 1.41. The highest BCUT2D eigenvalue weighted by Gasteiger charge is 2.33. The summed E-state index contributed by atoms with van der Waals surface area (Å²) in [6, 6.07) is 11.4. The first-order valence-corrected chi connectivity index (χ1v) is 8.16. The molecule has 1 aliphatic rings. The second-order valence-electron chi connectivity index (χ2n) is 5.88. The van der Waals surface area contributed by atoms with Crippen LogP contribution in [0.4, 0.5) is 5.69 Å². The zero-order valence-corrected chi connectivity index (χ0v) is 14.4. The molecule has 3 aromatic rings. The fourth-order valence-corrected chi connectivity index (χ4v) is 3.16. The van der Waals surface area contributed by atoms with Gasteiger partial charge in [-0.25, -0.2) is 0 Å². The van der Waals surface area contributed by atoms with E-state index in [0.717, 1.165) is 4.90 Å². The Hall–Kier alpha value is -3.25. The molecule has 0 spiro atoms. The van der Waals surface area contributed by atoms with Crippen molar-refractivity contribution in [3.05, 3.63) is 70.4 Å². The molecule has 0 bridgehead atoms. The Morgan fingerprint density at radius 2 is 1.85 bits per heavy atom. The number of imide groups is 1. The molecule has 0 fully saturated rings. The van der Waals surface area contributed by atoms with Crippen LogP contribution in [-0.4, -0.2) is 34.7 Å². The average molecular weight is 366 g/mol. The maximum Gasteiger partial charge on any atom is 0.261 e. The molecule has 0 saturated carbocycles. The third-order valence-corrected chi connectivity index (χ3v) is 4.63. The van der Waals surface area contributed by atoms with Crippen molar-refractivity contribution in [2.45, 2.75) is 0 Å². The molecule has 0 unspecified atom stereocenters. The molecule has 1 aromatic heterocycles. The van der Waals surface area contributed by atoms with Crippen molar-refractivity contribution in [3.8, 4) is 0 Å². The van der Waals surface area contributed by atoms with Crippen LogP contribution in [0.15, 0.2) is 48.7 Å². The molecule has 1 aliphatic heterocycles. The van der Waals surface area contributed by atoms with E-state index in [0.29, 0.717) is 27.2 Å². The summed E-state index contributed by atoms with van der Waals surface area (Å²) in [5, 5.41) is 4.01. The third kappa shape index (κ3) is 2.43. The van der Waals surface area contributed by atoms with Crippen molar-refractivity contribution in [2.75, 3.05) is 12.4 Å². The Bertz CT molecular complexity index is 1110. The normalized spacial score (nSPS) is 13.2. The summed E-state index contributed by atoms with van der Waals surface area (Å²) in [6.07, 6.45) is 1.62. The van der Waals surface area contributed by atoms with E-state index in [9.17, 15) is 14.4 Å². The van der Waals surface area contributed by atoms with Crippen molar-refractivity contribution in [2.24, 2.45) is 0 Å². The number of hydrogen-bond acceptors (Lipinski definition) is 4. The smallest absolute Gasteiger partial charge is 0.261 e. The van der Waals surface area contributed by atoms with Crippen molar-refractivity contribution >= 4 is 45.9 Å². The minimum Gasteiger partial charge on any atom is -0.321 e. The van der Waals surface area contributed by atoms with E-state index in [2.05, 4.69) is 10.3 Å². The van der Waals surface area contributed by atoms with Crippen molar-refractivity contribution < 1.29 is 14.4 Å². The van der Waals surface area contributed by atoms with Gasteiger partial charge in [0.1, 0.15) is 0 Å². The van der Waals surface area contributed by atoms with Gasteiger partial charge in [-0.3, -0.25) is 24.3 Å². The fourth-order valence-electron chi connectivity index (χ4n) is 2.94. The Morgan fingerprint density at radius 1 is 1.08 bits per heavy atom. The standard InChI is InChI=1S/C19H12ClN3O3/c1-23-18(25)11-5-4-10(9-13(11)19(23)26)17(24)22-15-7-6-14(20)16-12(15)3-2-8-21-16/h2-9H,1H3,(H,22,24). The van der Waals surface area contributed by atoms with Crippen molar-refractivity contribution in [1.82, 2.24) is 9.88 Å². The number of anilines is 1. The number of amides is 3. The molecule has 0 radical (unpaired) electrons.